The van der Waals surface area contributed by atoms with Crippen LogP contribution < -0.4 is 10.6 Å². The Hall–Kier alpha value is -3.32. The highest BCUT2D eigenvalue weighted by Gasteiger charge is 2.23. The summed E-state index contributed by atoms with van der Waals surface area (Å²) in [5.41, 5.74) is 2.86. The lowest BCUT2D eigenvalue weighted by atomic mass is 10.1. The van der Waals surface area contributed by atoms with Crippen molar-refractivity contribution in [2.75, 3.05) is 11.9 Å². The van der Waals surface area contributed by atoms with Crippen molar-refractivity contribution in [3.63, 3.8) is 0 Å². The van der Waals surface area contributed by atoms with Crippen LogP contribution in [0.3, 0.4) is 0 Å². The molecule has 1 aromatic carbocycles. The molecule has 144 valence electrons. The summed E-state index contributed by atoms with van der Waals surface area (Å²) >= 11 is 1.57. The molecule has 4 aromatic rings. The fourth-order valence-electron chi connectivity index (χ4n) is 3.18. The molecule has 0 saturated heterocycles. The highest BCUT2D eigenvalue weighted by molar-refractivity contribution is 7.17. The molecule has 1 amide bonds. The van der Waals surface area contributed by atoms with Crippen molar-refractivity contribution >= 4 is 33.3 Å². The molecule has 0 bridgehead atoms. The van der Waals surface area contributed by atoms with Crippen LogP contribution in [0.4, 0.5) is 5.82 Å². The topological polar surface area (TPSA) is 79.8 Å². The lowest BCUT2D eigenvalue weighted by molar-refractivity contribution is -0.119. The number of hydrogen-bond donors (Lipinski definition) is 2. The minimum atomic E-state index is -0.0184. The zero-order valence-electron chi connectivity index (χ0n) is 15.6. The number of nitrogens with one attached hydrogen (secondary N) is 2. The number of rotatable bonds is 6. The van der Waals surface area contributed by atoms with Gasteiger partial charge in [0, 0.05) is 23.2 Å². The van der Waals surface area contributed by atoms with Gasteiger partial charge in [-0.25, -0.2) is 9.97 Å². The van der Waals surface area contributed by atoms with E-state index in [-0.39, 0.29) is 12.5 Å². The Morgan fingerprint density at radius 2 is 1.90 bits per heavy atom. The van der Waals surface area contributed by atoms with E-state index >= 15 is 0 Å². The third kappa shape index (κ3) is 3.82. The molecule has 1 aliphatic carbocycles. The van der Waals surface area contributed by atoms with Gasteiger partial charge in [-0.05, 0) is 30.5 Å². The Kier molecular flexibility index (Phi) is 4.65. The van der Waals surface area contributed by atoms with Crippen LogP contribution in [-0.2, 0) is 4.79 Å². The van der Waals surface area contributed by atoms with Gasteiger partial charge in [-0.3, -0.25) is 9.78 Å². The summed E-state index contributed by atoms with van der Waals surface area (Å²) in [4.78, 5) is 26.9. The number of amides is 1. The fourth-order valence-corrected chi connectivity index (χ4v) is 4.13. The second-order valence-corrected chi connectivity index (χ2v) is 7.86. The standard InChI is InChI=1S/C22H19N5OS/c28-18(25-15-9-10-15)12-24-21-19-16(14-6-2-1-3-7-14)13-29-22(19)27-20(26-21)17-8-4-5-11-23-17/h1-8,11,13,15H,9-10,12H2,(H,25,28)(H,24,26,27). The molecule has 0 aliphatic heterocycles. The van der Waals surface area contributed by atoms with Gasteiger partial charge in [0.25, 0.3) is 0 Å². The third-order valence-corrected chi connectivity index (χ3v) is 5.64. The number of carbonyl (C=O) groups is 1. The number of aromatic nitrogens is 3. The van der Waals surface area contributed by atoms with Crippen LogP contribution in [0.1, 0.15) is 12.8 Å². The Bertz CT molecular complexity index is 1160. The molecule has 1 fully saturated rings. The molecule has 0 unspecified atom stereocenters. The Morgan fingerprint density at radius 3 is 2.66 bits per heavy atom. The Morgan fingerprint density at radius 1 is 1.07 bits per heavy atom. The first-order chi connectivity index (χ1) is 14.3. The molecule has 1 aliphatic rings. The quantitative estimate of drug-likeness (QED) is 0.508. The van der Waals surface area contributed by atoms with Gasteiger partial charge in [0.05, 0.1) is 11.9 Å². The SMILES string of the molecule is O=C(CNc1nc(-c2ccccn2)nc2scc(-c3ccccc3)c12)NC1CC1. The molecule has 6 nitrogen and oxygen atoms in total. The summed E-state index contributed by atoms with van der Waals surface area (Å²) in [7, 11) is 0. The van der Waals surface area contributed by atoms with Crippen molar-refractivity contribution in [3.8, 4) is 22.6 Å². The molecule has 0 spiro atoms. The van der Waals surface area contributed by atoms with E-state index in [1.807, 2.05) is 36.4 Å². The van der Waals surface area contributed by atoms with E-state index in [1.165, 1.54) is 0 Å². The van der Waals surface area contributed by atoms with Crippen LogP contribution in [0.5, 0.6) is 0 Å². The summed E-state index contributed by atoms with van der Waals surface area (Å²) in [6.07, 6.45) is 3.86. The molecule has 5 rings (SSSR count). The Labute approximate surface area is 172 Å². The molecule has 2 N–H and O–H groups in total. The number of benzene rings is 1. The van der Waals surface area contributed by atoms with Gasteiger partial charge >= 0.3 is 0 Å². The number of hydrogen-bond acceptors (Lipinski definition) is 6. The lowest BCUT2D eigenvalue weighted by Gasteiger charge is -2.11. The average Bonchev–Trinajstić information content (AvgIpc) is 3.48. The van der Waals surface area contributed by atoms with E-state index in [0.29, 0.717) is 23.4 Å². The molecule has 3 aromatic heterocycles. The van der Waals surface area contributed by atoms with Gasteiger partial charge in [0.1, 0.15) is 16.3 Å². The monoisotopic (exact) mass is 401 g/mol. The number of thiophene rings is 1. The largest absolute Gasteiger partial charge is 0.360 e. The highest BCUT2D eigenvalue weighted by Crippen LogP contribution is 2.37. The second kappa shape index (κ2) is 7.60. The molecule has 3 heterocycles. The highest BCUT2D eigenvalue weighted by atomic mass is 32.1. The van der Waals surface area contributed by atoms with Crippen LogP contribution in [0.15, 0.2) is 60.1 Å². The van der Waals surface area contributed by atoms with Crippen LogP contribution in [0.25, 0.3) is 32.9 Å². The van der Waals surface area contributed by atoms with Crippen LogP contribution >= 0.6 is 11.3 Å². The summed E-state index contributed by atoms with van der Waals surface area (Å²) in [5.74, 6) is 1.18. The Balaban J connectivity index is 1.57. The van der Waals surface area contributed by atoms with Gasteiger partial charge < -0.3 is 10.6 Å². The molecule has 7 heteroatoms. The van der Waals surface area contributed by atoms with Crippen LogP contribution in [-0.4, -0.2) is 33.4 Å². The van der Waals surface area contributed by atoms with Gasteiger partial charge in [0.15, 0.2) is 5.82 Å². The van der Waals surface area contributed by atoms with Gasteiger partial charge in [-0.15, -0.1) is 11.3 Å². The van der Waals surface area contributed by atoms with Crippen LogP contribution in [0, 0.1) is 0 Å². The number of pyridine rings is 1. The third-order valence-electron chi connectivity index (χ3n) is 4.77. The maximum Gasteiger partial charge on any atom is 0.239 e. The first kappa shape index (κ1) is 17.8. The first-order valence-corrected chi connectivity index (χ1v) is 10.5. The van der Waals surface area contributed by atoms with Gasteiger partial charge in [-0.2, -0.15) is 0 Å². The van der Waals surface area contributed by atoms with Crippen LogP contribution in [0.2, 0.25) is 0 Å². The van der Waals surface area contributed by atoms with Crippen molar-refractivity contribution in [2.24, 2.45) is 0 Å². The van der Waals surface area contributed by atoms with E-state index in [9.17, 15) is 4.79 Å². The average molecular weight is 401 g/mol. The summed E-state index contributed by atoms with van der Waals surface area (Å²) < 4.78 is 0. The fraction of sp³-hybridized carbons (Fsp3) is 0.182. The maximum atomic E-state index is 12.2. The molecule has 0 atom stereocenters. The van der Waals surface area contributed by atoms with E-state index in [1.54, 1.807) is 17.5 Å². The summed E-state index contributed by atoms with van der Waals surface area (Å²) in [6, 6.07) is 16.1. The number of anilines is 1. The van der Waals surface area contributed by atoms with Crippen molar-refractivity contribution < 1.29 is 4.79 Å². The smallest absolute Gasteiger partial charge is 0.239 e. The first-order valence-electron chi connectivity index (χ1n) is 9.57. The van der Waals surface area contributed by atoms with E-state index in [4.69, 9.17) is 9.97 Å². The number of carbonyl (C=O) groups excluding carboxylic acids is 1. The lowest BCUT2D eigenvalue weighted by Crippen LogP contribution is -2.31. The van der Waals surface area contributed by atoms with E-state index in [2.05, 4.69) is 33.1 Å². The van der Waals surface area contributed by atoms with Crippen molar-refractivity contribution in [1.82, 2.24) is 20.3 Å². The predicted molar refractivity (Wildman–Crippen MR) is 116 cm³/mol. The predicted octanol–water partition coefficient (Wildman–Crippen LogP) is 4.11. The molecule has 1 saturated carbocycles. The second-order valence-electron chi connectivity index (χ2n) is 7.00. The minimum absolute atomic E-state index is 0.0184. The number of nitrogens with zero attached hydrogens (tertiary/aromatic N) is 3. The summed E-state index contributed by atoms with van der Waals surface area (Å²) in [5, 5.41) is 9.27. The molecular formula is C22H19N5OS. The van der Waals surface area contributed by atoms with E-state index in [0.717, 1.165) is 34.2 Å². The van der Waals surface area contributed by atoms with Crippen molar-refractivity contribution in [1.29, 1.82) is 0 Å². The molecule has 0 radical (unpaired) electrons. The number of fused-ring (bicyclic) bond motifs is 1. The van der Waals surface area contributed by atoms with E-state index < -0.39 is 0 Å². The van der Waals surface area contributed by atoms with Gasteiger partial charge in [0.2, 0.25) is 5.91 Å². The zero-order chi connectivity index (χ0) is 19.6. The van der Waals surface area contributed by atoms with Crippen molar-refractivity contribution in [3.05, 3.63) is 60.1 Å². The minimum Gasteiger partial charge on any atom is -0.360 e. The molecular weight excluding hydrogens is 382 g/mol. The molecule has 29 heavy (non-hydrogen) atoms. The normalized spacial score (nSPS) is 13.4. The zero-order valence-corrected chi connectivity index (χ0v) is 16.4. The van der Waals surface area contributed by atoms with Gasteiger partial charge in [-0.1, -0.05) is 36.4 Å². The van der Waals surface area contributed by atoms with Crippen molar-refractivity contribution in [2.45, 2.75) is 18.9 Å². The summed E-state index contributed by atoms with van der Waals surface area (Å²) in [6.45, 7) is 0.175. The maximum absolute atomic E-state index is 12.2.